The van der Waals surface area contributed by atoms with E-state index in [0.717, 1.165) is 48.9 Å². The number of aromatic amines is 1. The van der Waals surface area contributed by atoms with Crippen LogP contribution in [-0.2, 0) is 22.2 Å². The van der Waals surface area contributed by atoms with Crippen molar-refractivity contribution < 1.29 is 13.2 Å². The molecule has 8 heteroatoms. The summed E-state index contributed by atoms with van der Waals surface area (Å²) >= 11 is 0. The largest absolute Gasteiger partial charge is 0.493 e. The van der Waals surface area contributed by atoms with Gasteiger partial charge in [-0.15, -0.1) is 0 Å². The molecule has 7 nitrogen and oxygen atoms in total. The summed E-state index contributed by atoms with van der Waals surface area (Å²) < 4.78 is 33.3. The van der Waals surface area contributed by atoms with Gasteiger partial charge in [-0.3, -0.25) is 4.79 Å². The van der Waals surface area contributed by atoms with Crippen LogP contribution < -0.4 is 10.3 Å². The van der Waals surface area contributed by atoms with Gasteiger partial charge in [0, 0.05) is 18.7 Å². The third-order valence-electron chi connectivity index (χ3n) is 6.77. The molecule has 1 unspecified atom stereocenters. The Morgan fingerprint density at radius 3 is 2.50 bits per heavy atom. The number of H-pyrrole nitrogens is 1. The lowest BCUT2D eigenvalue weighted by Gasteiger charge is -2.19. The minimum absolute atomic E-state index is 0.121. The first-order valence-electron chi connectivity index (χ1n) is 13.4. The van der Waals surface area contributed by atoms with E-state index in [2.05, 4.69) is 24.9 Å². The predicted molar refractivity (Wildman–Crippen MR) is 147 cm³/mol. The highest BCUT2D eigenvalue weighted by Gasteiger charge is 2.24. The Hall–Kier alpha value is -2.45. The molecule has 0 bridgehead atoms. The van der Waals surface area contributed by atoms with Crippen molar-refractivity contribution in [2.24, 2.45) is 5.92 Å². The third kappa shape index (κ3) is 6.45. The predicted octanol–water partition coefficient (Wildman–Crippen LogP) is 5.55. The lowest BCUT2D eigenvalue weighted by molar-refractivity contribution is 0.318. The van der Waals surface area contributed by atoms with E-state index < -0.39 is 10.0 Å². The van der Waals surface area contributed by atoms with Crippen molar-refractivity contribution in [2.45, 2.75) is 78.9 Å². The number of allylic oxidation sites excluding steroid dienone is 2. The average molecular weight is 516 g/mol. The molecule has 1 heterocycles. The van der Waals surface area contributed by atoms with Gasteiger partial charge in [0.05, 0.1) is 23.6 Å². The van der Waals surface area contributed by atoms with Gasteiger partial charge in [-0.2, -0.15) is 0 Å². The monoisotopic (exact) mass is 515 g/mol. The SMILES string of the molecule is CCCOc1ccc(CS(=O)(=O)N(CC)CC)cc1-c1nc2c(c(=O)[nH]1)CCC(CC)C=C2CCC. The molecular formula is C28H41N3O4S. The molecule has 3 rings (SSSR count). The van der Waals surface area contributed by atoms with Gasteiger partial charge in [0.15, 0.2) is 0 Å². The lowest BCUT2D eigenvalue weighted by Crippen LogP contribution is -2.31. The fourth-order valence-electron chi connectivity index (χ4n) is 4.80. The molecule has 0 saturated carbocycles. The molecule has 36 heavy (non-hydrogen) atoms. The van der Waals surface area contributed by atoms with Crippen molar-refractivity contribution in [3.8, 4) is 17.1 Å². The van der Waals surface area contributed by atoms with Crippen molar-refractivity contribution in [3.63, 3.8) is 0 Å². The van der Waals surface area contributed by atoms with Gasteiger partial charge in [0.2, 0.25) is 10.0 Å². The number of hydrogen-bond acceptors (Lipinski definition) is 5. The Kier molecular flexibility index (Phi) is 9.91. The quantitative estimate of drug-likeness (QED) is 0.400. The van der Waals surface area contributed by atoms with Crippen LogP contribution in [0.2, 0.25) is 0 Å². The Labute approximate surface area is 216 Å². The average Bonchev–Trinajstić information content (AvgIpc) is 3.03. The number of sulfonamides is 1. The highest BCUT2D eigenvalue weighted by Crippen LogP contribution is 2.34. The second-order valence-electron chi connectivity index (χ2n) is 9.41. The molecule has 0 spiro atoms. The molecule has 0 saturated heterocycles. The molecule has 2 aromatic rings. The van der Waals surface area contributed by atoms with Crippen LogP contribution in [0.3, 0.4) is 0 Å². The van der Waals surface area contributed by atoms with Crippen LogP contribution in [0.1, 0.15) is 83.5 Å². The Balaban J connectivity index is 2.15. The minimum Gasteiger partial charge on any atom is -0.493 e. The first-order valence-corrected chi connectivity index (χ1v) is 15.0. The summed E-state index contributed by atoms with van der Waals surface area (Å²) in [5.74, 6) is 1.32. The van der Waals surface area contributed by atoms with E-state index in [1.807, 2.05) is 20.8 Å². The summed E-state index contributed by atoms with van der Waals surface area (Å²) in [5, 5.41) is 0. The van der Waals surface area contributed by atoms with E-state index in [1.54, 1.807) is 18.2 Å². The van der Waals surface area contributed by atoms with Crippen molar-refractivity contribution in [1.82, 2.24) is 14.3 Å². The molecule has 1 aromatic heterocycles. The van der Waals surface area contributed by atoms with Crippen LogP contribution in [0.15, 0.2) is 29.1 Å². The second-order valence-corrected chi connectivity index (χ2v) is 11.4. The van der Waals surface area contributed by atoms with E-state index in [1.165, 1.54) is 4.31 Å². The van der Waals surface area contributed by atoms with E-state index in [-0.39, 0.29) is 11.3 Å². The zero-order chi connectivity index (χ0) is 26.3. The van der Waals surface area contributed by atoms with Crippen LogP contribution in [0.25, 0.3) is 17.0 Å². The summed E-state index contributed by atoms with van der Waals surface area (Å²) in [6, 6.07) is 5.37. The van der Waals surface area contributed by atoms with Crippen LogP contribution >= 0.6 is 0 Å². The van der Waals surface area contributed by atoms with Crippen molar-refractivity contribution in [2.75, 3.05) is 19.7 Å². The van der Waals surface area contributed by atoms with Gasteiger partial charge >= 0.3 is 0 Å². The summed E-state index contributed by atoms with van der Waals surface area (Å²) in [4.78, 5) is 21.3. The summed E-state index contributed by atoms with van der Waals surface area (Å²) in [6.07, 6.45) is 7.62. The number of nitrogens with one attached hydrogen (secondary N) is 1. The molecule has 0 fully saturated rings. The van der Waals surface area contributed by atoms with E-state index in [9.17, 15) is 13.2 Å². The fourth-order valence-corrected chi connectivity index (χ4v) is 6.37. The van der Waals surface area contributed by atoms with Crippen LogP contribution in [0.4, 0.5) is 0 Å². The molecule has 0 radical (unpaired) electrons. The number of rotatable bonds is 12. The Morgan fingerprint density at radius 1 is 1.11 bits per heavy atom. The lowest BCUT2D eigenvalue weighted by atomic mass is 9.98. The summed E-state index contributed by atoms with van der Waals surface area (Å²) in [5.41, 5.74) is 3.76. The third-order valence-corrected chi connectivity index (χ3v) is 8.78. The first-order chi connectivity index (χ1) is 17.3. The Bertz CT molecular complexity index is 1230. The van der Waals surface area contributed by atoms with E-state index >= 15 is 0 Å². The van der Waals surface area contributed by atoms with Gasteiger partial charge < -0.3 is 9.72 Å². The van der Waals surface area contributed by atoms with Crippen LogP contribution in [-0.4, -0.2) is 42.4 Å². The molecule has 0 aliphatic heterocycles. The maximum Gasteiger partial charge on any atom is 0.254 e. The number of hydrogen-bond donors (Lipinski definition) is 1. The van der Waals surface area contributed by atoms with E-state index in [0.29, 0.717) is 54.7 Å². The molecule has 198 valence electrons. The highest BCUT2D eigenvalue weighted by atomic mass is 32.2. The minimum atomic E-state index is -3.47. The number of fused-ring (bicyclic) bond motifs is 1. The number of aromatic nitrogens is 2. The normalized spacial score (nSPS) is 15.9. The number of nitrogens with zero attached hydrogens (tertiary/aromatic N) is 2. The van der Waals surface area contributed by atoms with Crippen molar-refractivity contribution in [3.05, 3.63) is 51.4 Å². The van der Waals surface area contributed by atoms with Gasteiger partial charge in [-0.25, -0.2) is 17.7 Å². The van der Waals surface area contributed by atoms with Gasteiger partial charge in [0.1, 0.15) is 11.6 Å². The zero-order valence-electron chi connectivity index (χ0n) is 22.4. The fraction of sp³-hybridized carbons (Fsp3) is 0.571. The standard InChI is InChI=1S/C28H41N3O4S/c1-6-11-22-17-20(8-3)12-14-23-26(22)29-27(30-28(23)32)24-18-21(13-15-25(24)35-16-7-2)19-36(33,34)31(9-4)10-5/h13,15,17-18,20H,6-12,14,16,19H2,1-5H3,(H,29,30,32). The van der Waals surface area contributed by atoms with E-state index in [4.69, 9.17) is 9.72 Å². The first kappa shape index (κ1) is 28.1. The number of benzene rings is 1. The van der Waals surface area contributed by atoms with Crippen molar-refractivity contribution >= 4 is 15.6 Å². The number of ether oxygens (including phenoxy) is 1. The van der Waals surface area contributed by atoms with Gasteiger partial charge in [-0.1, -0.05) is 53.2 Å². The molecule has 0 amide bonds. The smallest absolute Gasteiger partial charge is 0.254 e. The summed E-state index contributed by atoms with van der Waals surface area (Å²) in [6.45, 7) is 11.4. The van der Waals surface area contributed by atoms with Crippen molar-refractivity contribution in [1.29, 1.82) is 0 Å². The highest BCUT2D eigenvalue weighted by molar-refractivity contribution is 7.88. The zero-order valence-corrected chi connectivity index (χ0v) is 23.2. The molecule has 1 aromatic carbocycles. The topological polar surface area (TPSA) is 92.4 Å². The molecule has 1 aliphatic rings. The molecular weight excluding hydrogens is 474 g/mol. The van der Waals surface area contributed by atoms with Gasteiger partial charge in [-0.05, 0) is 61.3 Å². The molecule has 1 atom stereocenters. The maximum atomic E-state index is 13.3. The molecule has 1 aliphatic carbocycles. The van der Waals surface area contributed by atoms with Gasteiger partial charge in [0.25, 0.3) is 5.56 Å². The summed E-state index contributed by atoms with van der Waals surface area (Å²) in [7, 11) is -3.47. The van der Waals surface area contributed by atoms with Crippen LogP contribution in [0.5, 0.6) is 5.75 Å². The molecule has 1 N–H and O–H groups in total. The Morgan fingerprint density at radius 2 is 1.86 bits per heavy atom. The van der Waals surface area contributed by atoms with Crippen LogP contribution in [0, 0.1) is 5.92 Å². The second kappa shape index (κ2) is 12.7. The maximum absolute atomic E-state index is 13.3.